The highest BCUT2D eigenvalue weighted by molar-refractivity contribution is 6.33. The van der Waals surface area contributed by atoms with Crippen LogP contribution in [0.2, 0.25) is 5.02 Å². The normalized spacial score (nSPS) is 25.0. The zero-order valence-corrected chi connectivity index (χ0v) is 19.8. The van der Waals surface area contributed by atoms with Crippen LogP contribution in [0.5, 0.6) is 0 Å². The molecule has 3 aliphatic rings. The van der Waals surface area contributed by atoms with E-state index in [2.05, 4.69) is 15.3 Å². The van der Waals surface area contributed by atoms with E-state index < -0.39 is 29.2 Å². The molecule has 186 valence electrons. The van der Waals surface area contributed by atoms with Crippen molar-refractivity contribution in [1.29, 1.82) is 0 Å². The first-order chi connectivity index (χ1) is 16.8. The van der Waals surface area contributed by atoms with Gasteiger partial charge in [-0.25, -0.2) is 13.8 Å². The molecule has 0 atom stereocenters. The van der Waals surface area contributed by atoms with Crippen LogP contribution in [-0.2, 0) is 4.79 Å². The summed E-state index contributed by atoms with van der Waals surface area (Å²) in [7, 11) is 0. The van der Waals surface area contributed by atoms with Crippen molar-refractivity contribution in [1.82, 2.24) is 20.2 Å². The molecule has 0 radical (unpaired) electrons. The molecule has 35 heavy (non-hydrogen) atoms. The minimum absolute atomic E-state index is 0.00560. The third kappa shape index (κ3) is 4.39. The smallest absolute Gasteiger partial charge is 0.275 e. The molecule has 1 spiro atoms. The summed E-state index contributed by atoms with van der Waals surface area (Å²) in [5.74, 6) is -1.38. The van der Waals surface area contributed by atoms with Gasteiger partial charge in [0.15, 0.2) is 5.69 Å². The highest BCUT2D eigenvalue weighted by Crippen LogP contribution is 2.46. The standard InChI is InChI=1S/C24H26ClF2N5O3/c25-17-10-14(26)2-3-18(17)32-9-1-6-24(23(32)35)7-4-16(5-8-24)30-21(33)19-20(29-13-28-19)22(34)31-11-15(27)12-31/h2-3,10,13,15-16H,1,4-9,11-12H2,(H,28,29)(H,30,33)/t16-,24-. The third-order valence-electron chi connectivity index (χ3n) is 7.41. The second-order valence-electron chi connectivity index (χ2n) is 9.62. The molecule has 5 rings (SSSR count). The van der Waals surface area contributed by atoms with Gasteiger partial charge in [0.1, 0.15) is 17.7 Å². The summed E-state index contributed by atoms with van der Waals surface area (Å²) in [6.45, 7) is 0.542. The molecule has 1 aromatic heterocycles. The lowest BCUT2D eigenvalue weighted by Crippen LogP contribution is -2.53. The Morgan fingerprint density at radius 2 is 1.94 bits per heavy atom. The van der Waals surface area contributed by atoms with E-state index in [0.717, 1.165) is 12.8 Å². The number of aromatic amines is 1. The summed E-state index contributed by atoms with van der Waals surface area (Å²) in [5, 5.41) is 3.16. The van der Waals surface area contributed by atoms with Gasteiger partial charge in [-0.05, 0) is 56.7 Å². The van der Waals surface area contributed by atoms with Crippen molar-refractivity contribution in [3.8, 4) is 0 Å². The quantitative estimate of drug-likeness (QED) is 0.664. The largest absolute Gasteiger partial charge is 0.348 e. The van der Waals surface area contributed by atoms with Gasteiger partial charge >= 0.3 is 0 Å². The number of hydrogen-bond donors (Lipinski definition) is 2. The van der Waals surface area contributed by atoms with Gasteiger partial charge in [0, 0.05) is 18.0 Å². The average Bonchev–Trinajstić information content (AvgIpc) is 3.31. The average molecular weight is 506 g/mol. The number of alkyl halides is 1. The van der Waals surface area contributed by atoms with E-state index in [0.29, 0.717) is 37.9 Å². The van der Waals surface area contributed by atoms with Gasteiger partial charge in [0.25, 0.3) is 11.8 Å². The van der Waals surface area contributed by atoms with Crippen LogP contribution in [0.1, 0.15) is 59.5 Å². The van der Waals surface area contributed by atoms with Crippen LogP contribution >= 0.6 is 11.6 Å². The van der Waals surface area contributed by atoms with Crippen molar-refractivity contribution in [2.45, 2.75) is 50.7 Å². The van der Waals surface area contributed by atoms with E-state index in [1.807, 2.05) is 0 Å². The lowest BCUT2D eigenvalue weighted by molar-refractivity contribution is -0.132. The number of hydrogen-bond acceptors (Lipinski definition) is 4. The Bertz CT molecular complexity index is 1160. The Morgan fingerprint density at radius 3 is 2.63 bits per heavy atom. The Balaban J connectivity index is 1.22. The fourth-order valence-corrected chi connectivity index (χ4v) is 5.68. The second kappa shape index (κ2) is 9.22. The number of carbonyl (C=O) groups excluding carboxylic acids is 3. The maximum absolute atomic E-state index is 13.5. The van der Waals surface area contributed by atoms with E-state index in [4.69, 9.17) is 11.6 Å². The number of nitrogens with zero attached hydrogens (tertiary/aromatic N) is 3. The minimum atomic E-state index is -1.04. The fraction of sp³-hybridized carbons (Fsp3) is 0.500. The van der Waals surface area contributed by atoms with E-state index >= 15 is 0 Å². The molecule has 2 aliphatic heterocycles. The van der Waals surface area contributed by atoms with E-state index in [1.165, 1.54) is 29.4 Å². The van der Waals surface area contributed by atoms with Crippen molar-refractivity contribution in [2.24, 2.45) is 5.41 Å². The summed E-state index contributed by atoms with van der Waals surface area (Å²) in [4.78, 5) is 48.6. The fourth-order valence-electron chi connectivity index (χ4n) is 5.41. The molecule has 3 amide bonds. The number of H-pyrrole nitrogens is 1. The van der Waals surface area contributed by atoms with E-state index in [9.17, 15) is 23.2 Å². The Kier molecular flexibility index (Phi) is 6.25. The zero-order chi connectivity index (χ0) is 24.7. The van der Waals surface area contributed by atoms with Gasteiger partial charge < -0.3 is 20.1 Å². The molecule has 2 aromatic rings. The number of nitrogens with one attached hydrogen (secondary N) is 2. The van der Waals surface area contributed by atoms with Crippen LogP contribution in [0.15, 0.2) is 24.5 Å². The highest BCUT2D eigenvalue weighted by Gasteiger charge is 2.47. The number of amides is 3. The molecule has 1 saturated carbocycles. The predicted octanol–water partition coefficient (Wildman–Crippen LogP) is 3.48. The molecule has 0 bridgehead atoms. The lowest BCUT2D eigenvalue weighted by atomic mass is 9.67. The summed E-state index contributed by atoms with van der Waals surface area (Å²) < 4.78 is 26.6. The molecule has 1 aromatic carbocycles. The topological polar surface area (TPSA) is 98.4 Å². The molecular weight excluding hydrogens is 480 g/mol. The van der Waals surface area contributed by atoms with E-state index in [-0.39, 0.29) is 41.4 Å². The lowest BCUT2D eigenvalue weighted by Gasteiger charge is -2.45. The zero-order valence-electron chi connectivity index (χ0n) is 19.0. The molecule has 11 heteroatoms. The first-order valence-corrected chi connectivity index (χ1v) is 12.2. The van der Waals surface area contributed by atoms with Gasteiger partial charge in [-0.2, -0.15) is 0 Å². The van der Waals surface area contributed by atoms with Crippen molar-refractivity contribution in [3.63, 3.8) is 0 Å². The van der Waals surface area contributed by atoms with Crippen LogP contribution < -0.4 is 10.2 Å². The third-order valence-corrected chi connectivity index (χ3v) is 7.71. The van der Waals surface area contributed by atoms with Gasteiger partial charge in [-0.15, -0.1) is 0 Å². The number of rotatable bonds is 4. The van der Waals surface area contributed by atoms with Crippen molar-refractivity contribution in [2.75, 3.05) is 24.5 Å². The van der Waals surface area contributed by atoms with Gasteiger partial charge in [-0.1, -0.05) is 11.6 Å². The van der Waals surface area contributed by atoms with Crippen LogP contribution in [0.3, 0.4) is 0 Å². The Morgan fingerprint density at radius 1 is 1.20 bits per heavy atom. The molecule has 2 N–H and O–H groups in total. The predicted molar refractivity (Wildman–Crippen MR) is 125 cm³/mol. The molecule has 0 unspecified atom stereocenters. The van der Waals surface area contributed by atoms with E-state index in [1.54, 1.807) is 4.90 Å². The SMILES string of the molecule is O=C(N[C@H]1CC[C@@]2(CCCN(c3ccc(F)cc3Cl)C2=O)CC1)c1[nH]cnc1C(=O)N1CC(F)C1. The molecule has 1 aliphatic carbocycles. The first-order valence-electron chi connectivity index (χ1n) is 11.8. The van der Waals surface area contributed by atoms with Crippen molar-refractivity contribution < 1.29 is 23.2 Å². The Labute approximate surface area is 206 Å². The molecule has 8 nitrogen and oxygen atoms in total. The molecule has 3 heterocycles. The van der Waals surface area contributed by atoms with Gasteiger partial charge in [-0.3, -0.25) is 14.4 Å². The Hall–Kier alpha value is -3.01. The maximum Gasteiger partial charge on any atom is 0.275 e. The number of likely N-dealkylation sites (tertiary alicyclic amines) is 1. The second-order valence-corrected chi connectivity index (χ2v) is 10.0. The number of aromatic nitrogens is 2. The number of benzene rings is 1. The van der Waals surface area contributed by atoms with Gasteiger partial charge in [0.2, 0.25) is 5.91 Å². The first kappa shape index (κ1) is 23.7. The number of imidazole rings is 1. The summed E-state index contributed by atoms with van der Waals surface area (Å²) >= 11 is 6.22. The number of piperidine rings is 1. The molecule has 2 saturated heterocycles. The van der Waals surface area contributed by atoms with Crippen LogP contribution in [0, 0.1) is 11.2 Å². The van der Waals surface area contributed by atoms with Crippen molar-refractivity contribution >= 4 is 35.0 Å². The summed E-state index contributed by atoms with van der Waals surface area (Å²) in [6.07, 6.45) is 4.23. The highest BCUT2D eigenvalue weighted by atomic mass is 35.5. The number of anilines is 1. The number of carbonyl (C=O) groups is 3. The molecule has 3 fully saturated rings. The van der Waals surface area contributed by atoms with Crippen molar-refractivity contribution in [3.05, 3.63) is 46.8 Å². The minimum Gasteiger partial charge on any atom is -0.348 e. The monoisotopic (exact) mass is 505 g/mol. The molecular formula is C24H26ClF2N5O3. The van der Waals surface area contributed by atoms with Crippen LogP contribution in [-0.4, -0.2) is 64.4 Å². The van der Waals surface area contributed by atoms with Crippen LogP contribution in [0.25, 0.3) is 0 Å². The van der Waals surface area contributed by atoms with Gasteiger partial charge in [0.05, 0.1) is 30.1 Å². The summed E-state index contributed by atoms with van der Waals surface area (Å²) in [5.41, 5.74) is 0.0249. The number of halogens is 3. The van der Waals surface area contributed by atoms with Crippen LogP contribution in [0.4, 0.5) is 14.5 Å². The maximum atomic E-state index is 13.5. The summed E-state index contributed by atoms with van der Waals surface area (Å²) in [6, 6.07) is 3.90.